The Bertz CT molecular complexity index is 942. The van der Waals surface area contributed by atoms with E-state index in [0.29, 0.717) is 25.1 Å². The largest absolute Gasteiger partial charge is 0.481 e. The smallest absolute Gasteiger partial charge is 0.213 e. The van der Waals surface area contributed by atoms with Crippen LogP contribution in [0.25, 0.3) is 0 Å². The second kappa shape index (κ2) is 12.1. The molecule has 4 N–H and O–H groups in total. The number of nitrogens with two attached hydrogens (primary N) is 1. The summed E-state index contributed by atoms with van der Waals surface area (Å²) in [5, 5.41) is 6.58. The molecule has 0 saturated carbocycles. The molecule has 0 amide bonds. The van der Waals surface area contributed by atoms with Gasteiger partial charge in [-0.25, -0.2) is 9.98 Å². The van der Waals surface area contributed by atoms with Gasteiger partial charge in [-0.05, 0) is 32.4 Å². The summed E-state index contributed by atoms with van der Waals surface area (Å²) in [4.78, 5) is 15.9. The predicted molar refractivity (Wildman–Crippen MR) is 133 cm³/mol. The minimum atomic E-state index is -0.109. The number of allylic oxidation sites excluding steroid dienone is 2. The number of morpholine rings is 1. The minimum absolute atomic E-state index is 0.109. The maximum atomic E-state index is 5.90. The van der Waals surface area contributed by atoms with Crippen molar-refractivity contribution in [1.29, 1.82) is 0 Å². The van der Waals surface area contributed by atoms with E-state index in [2.05, 4.69) is 51.5 Å². The summed E-state index contributed by atoms with van der Waals surface area (Å²) < 4.78 is 10.7. The fourth-order valence-corrected chi connectivity index (χ4v) is 3.54. The summed E-state index contributed by atoms with van der Waals surface area (Å²) in [6, 6.07) is 3.65. The fourth-order valence-electron chi connectivity index (χ4n) is 3.54. The summed E-state index contributed by atoms with van der Waals surface area (Å²) in [5.41, 5.74) is 9.73. The number of unbranched alkanes of at least 4 members (excludes halogenated alkanes) is 1. The molecule has 9 nitrogen and oxygen atoms in total. The number of nitrogens with one attached hydrogen (secondary N) is 2. The molecule has 2 aliphatic heterocycles. The van der Waals surface area contributed by atoms with E-state index in [1.807, 2.05) is 25.3 Å². The number of aromatic nitrogens is 1. The monoisotopic (exact) mass is 453 g/mol. The number of ether oxygens (including phenoxy) is 2. The topological polar surface area (TPSA) is 109 Å². The highest BCUT2D eigenvalue weighted by atomic mass is 16.5. The lowest BCUT2D eigenvalue weighted by atomic mass is 10.0. The van der Waals surface area contributed by atoms with Crippen LogP contribution in [0.1, 0.15) is 33.6 Å². The Hall–Kier alpha value is -3.33. The van der Waals surface area contributed by atoms with Gasteiger partial charge in [0, 0.05) is 42.3 Å². The summed E-state index contributed by atoms with van der Waals surface area (Å²) in [6.45, 7) is 9.20. The van der Waals surface area contributed by atoms with E-state index in [4.69, 9.17) is 20.2 Å². The molecular formula is C24H35N7O2. The maximum Gasteiger partial charge on any atom is 0.213 e. The molecule has 1 atom stereocenters. The van der Waals surface area contributed by atoms with Crippen molar-refractivity contribution in [3.63, 3.8) is 0 Å². The molecule has 3 rings (SSSR count). The maximum absolute atomic E-state index is 5.90. The van der Waals surface area contributed by atoms with Crippen molar-refractivity contribution in [3.8, 4) is 5.88 Å². The third-order valence-corrected chi connectivity index (χ3v) is 5.30. The van der Waals surface area contributed by atoms with Crippen LogP contribution in [0, 0.1) is 0 Å². The first-order valence-corrected chi connectivity index (χ1v) is 11.4. The van der Waals surface area contributed by atoms with Gasteiger partial charge in [-0.3, -0.25) is 4.99 Å². The highest BCUT2D eigenvalue weighted by Crippen LogP contribution is 2.20. The molecule has 1 aromatic rings. The molecule has 0 aliphatic carbocycles. The zero-order valence-electron chi connectivity index (χ0n) is 20.0. The van der Waals surface area contributed by atoms with Gasteiger partial charge in [0.2, 0.25) is 5.88 Å². The van der Waals surface area contributed by atoms with Gasteiger partial charge in [-0.1, -0.05) is 19.4 Å². The van der Waals surface area contributed by atoms with Crippen LogP contribution in [0.3, 0.4) is 0 Å². The Kier molecular flexibility index (Phi) is 8.88. The van der Waals surface area contributed by atoms with Crippen LogP contribution in [0.2, 0.25) is 0 Å². The van der Waals surface area contributed by atoms with Gasteiger partial charge < -0.3 is 30.7 Å². The molecular weight excluding hydrogens is 418 g/mol. The summed E-state index contributed by atoms with van der Waals surface area (Å²) in [5.74, 6) is 1.88. The number of rotatable bonds is 8. The van der Waals surface area contributed by atoms with Gasteiger partial charge in [0.15, 0.2) is 5.96 Å². The highest BCUT2D eigenvalue weighted by Gasteiger charge is 2.20. The highest BCUT2D eigenvalue weighted by molar-refractivity contribution is 5.94. The van der Waals surface area contributed by atoms with Crippen molar-refractivity contribution >= 4 is 17.5 Å². The average Bonchev–Trinajstić information content (AvgIpc) is 2.83. The first kappa shape index (κ1) is 24.3. The van der Waals surface area contributed by atoms with Crippen molar-refractivity contribution in [2.24, 2.45) is 15.7 Å². The van der Waals surface area contributed by atoms with Crippen LogP contribution < -0.4 is 21.1 Å². The van der Waals surface area contributed by atoms with Crippen molar-refractivity contribution in [3.05, 3.63) is 53.6 Å². The Labute approximate surface area is 196 Å². The van der Waals surface area contributed by atoms with Gasteiger partial charge in [-0.15, -0.1) is 0 Å². The van der Waals surface area contributed by atoms with E-state index in [-0.39, 0.29) is 6.04 Å². The van der Waals surface area contributed by atoms with Crippen LogP contribution in [0.15, 0.2) is 63.6 Å². The van der Waals surface area contributed by atoms with Crippen LogP contribution in [-0.2, 0) is 4.74 Å². The molecule has 9 heteroatoms. The number of hydrogen-bond acceptors (Lipinski definition) is 8. The van der Waals surface area contributed by atoms with E-state index >= 15 is 0 Å². The molecule has 1 fully saturated rings. The van der Waals surface area contributed by atoms with Crippen molar-refractivity contribution in [2.75, 3.05) is 38.7 Å². The van der Waals surface area contributed by atoms with Crippen LogP contribution in [0.4, 0.5) is 5.69 Å². The lowest BCUT2D eigenvalue weighted by Gasteiger charge is -2.30. The van der Waals surface area contributed by atoms with E-state index in [0.717, 1.165) is 54.4 Å². The quantitative estimate of drug-likeness (QED) is 0.410. The zero-order chi connectivity index (χ0) is 23.6. The summed E-state index contributed by atoms with van der Waals surface area (Å²) in [7, 11) is 1.60. The molecule has 0 aromatic carbocycles. The number of amidine groups is 1. The minimum Gasteiger partial charge on any atom is -0.481 e. The Morgan fingerprint density at radius 2 is 2.18 bits per heavy atom. The van der Waals surface area contributed by atoms with Gasteiger partial charge in [-0.2, -0.15) is 0 Å². The van der Waals surface area contributed by atoms with Crippen molar-refractivity contribution in [1.82, 2.24) is 15.2 Å². The number of guanidine groups is 1. The van der Waals surface area contributed by atoms with Crippen molar-refractivity contribution < 1.29 is 9.47 Å². The predicted octanol–water partition coefficient (Wildman–Crippen LogP) is 3.01. The van der Waals surface area contributed by atoms with Crippen LogP contribution in [0.5, 0.6) is 5.88 Å². The van der Waals surface area contributed by atoms with E-state index < -0.39 is 0 Å². The first-order valence-electron chi connectivity index (χ1n) is 11.4. The Morgan fingerprint density at radius 3 is 2.85 bits per heavy atom. The third kappa shape index (κ3) is 7.08. The van der Waals surface area contributed by atoms with E-state index in [1.54, 1.807) is 13.3 Å². The van der Waals surface area contributed by atoms with Gasteiger partial charge >= 0.3 is 0 Å². The molecule has 3 heterocycles. The number of aliphatic imine (C=N–C) groups is 2. The standard InChI is InChI=1S/C24H35N7O2/c1-5-6-7-21-20(16-27-24(25)30-21)18(3)29-22(31-10-12-33-13-11-31)14-17(2)28-19-8-9-23(32-4)26-15-19/h7-9,14-16,18,28H,5-6,10-13H2,1-4H3,(H3,25,27,30)/b17-14+,21-7-,29-22?. The van der Waals surface area contributed by atoms with Gasteiger partial charge in [0.25, 0.3) is 0 Å². The normalized spacial score (nSPS) is 19.5. The zero-order valence-corrected chi connectivity index (χ0v) is 20.0. The molecule has 1 aromatic heterocycles. The molecule has 1 saturated heterocycles. The molecule has 1 unspecified atom stereocenters. The fraction of sp³-hybridized carbons (Fsp3) is 0.458. The van der Waals surface area contributed by atoms with Crippen molar-refractivity contribution in [2.45, 2.75) is 39.7 Å². The first-order chi connectivity index (χ1) is 16.0. The molecule has 0 radical (unpaired) electrons. The molecule has 2 aliphatic rings. The second-order valence-corrected chi connectivity index (χ2v) is 7.93. The summed E-state index contributed by atoms with van der Waals surface area (Å²) in [6.07, 6.45) is 9.80. The SMILES string of the molecule is CCC/C=C1\NC(N)=NC=C1C(C)N=C(/C=C(\C)Nc1ccc(OC)nc1)N1CCOCC1. The van der Waals surface area contributed by atoms with Gasteiger partial charge in [0.05, 0.1) is 38.2 Å². The number of hydrogen-bond donors (Lipinski definition) is 3. The molecule has 33 heavy (non-hydrogen) atoms. The lowest BCUT2D eigenvalue weighted by Crippen LogP contribution is -2.41. The second-order valence-electron chi connectivity index (χ2n) is 7.93. The van der Waals surface area contributed by atoms with E-state index in [9.17, 15) is 0 Å². The number of nitrogens with zero attached hydrogens (tertiary/aromatic N) is 4. The summed E-state index contributed by atoms with van der Waals surface area (Å²) >= 11 is 0. The molecule has 0 spiro atoms. The average molecular weight is 454 g/mol. The molecule has 0 bridgehead atoms. The Balaban J connectivity index is 1.86. The number of anilines is 1. The number of pyridine rings is 1. The Morgan fingerprint density at radius 1 is 1.39 bits per heavy atom. The number of methoxy groups -OCH3 is 1. The van der Waals surface area contributed by atoms with E-state index in [1.165, 1.54) is 0 Å². The lowest BCUT2D eigenvalue weighted by molar-refractivity contribution is 0.0683. The van der Waals surface area contributed by atoms with Crippen LogP contribution >= 0.6 is 0 Å². The van der Waals surface area contributed by atoms with Gasteiger partial charge in [0.1, 0.15) is 5.84 Å². The molecule has 178 valence electrons. The third-order valence-electron chi connectivity index (χ3n) is 5.30. The van der Waals surface area contributed by atoms with Crippen LogP contribution in [-0.4, -0.2) is 61.1 Å².